The number of hydrogen-bond donors (Lipinski definition) is 1. The van der Waals surface area contributed by atoms with Gasteiger partial charge in [0.25, 0.3) is 0 Å². The van der Waals surface area contributed by atoms with Gasteiger partial charge < -0.3 is 14.7 Å². The molecular weight excluding hydrogens is 292 g/mol. The number of ether oxygens (including phenoxy) is 1. The Morgan fingerprint density at radius 3 is 2.74 bits per heavy atom. The van der Waals surface area contributed by atoms with E-state index in [2.05, 4.69) is 29.1 Å². The van der Waals surface area contributed by atoms with Crippen molar-refractivity contribution in [2.45, 2.75) is 45.5 Å². The fourth-order valence-corrected chi connectivity index (χ4v) is 2.60. The van der Waals surface area contributed by atoms with Gasteiger partial charge in [0, 0.05) is 19.5 Å². The number of benzene rings is 1. The Kier molecular flexibility index (Phi) is 7.02. The SMILES string of the molecule is CCN(CC(O)COC(C)C)CC1CC(c2ccccc2)=NO1. The molecule has 1 heterocycles. The van der Waals surface area contributed by atoms with E-state index >= 15 is 0 Å². The molecule has 0 aromatic heterocycles. The van der Waals surface area contributed by atoms with Gasteiger partial charge in [-0.25, -0.2) is 0 Å². The van der Waals surface area contributed by atoms with Crippen molar-refractivity contribution in [2.24, 2.45) is 5.16 Å². The van der Waals surface area contributed by atoms with E-state index in [0.29, 0.717) is 13.2 Å². The van der Waals surface area contributed by atoms with Gasteiger partial charge in [-0.15, -0.1) is 0 Å². The first kappa shape index (κ1) is 17.9. The van der Waals surface area contributed by atoms with Crippen LogP contribution in [0.25, 0.3) is 0 Å². The minimum absolute atomic E-state index is 0.0448. The van der Waals surface area contributed by atoms with Crippen molar-refractivity contribution in [1.82, 2.24) is 4.90 Å². The number of rotatable bonds is 9. The van der Waals surface area contributed by atoms with Crippen molar-refractivity contribution < 1.29 is 14.7 Å². The number of nitrogens with zero attached hydrogens (tertiary/aromatic N) is 2. The van der Waals surface area contributed by atoms with Crippen LogP contribution in [0.1, 0.15) is 32.8 Å². The maximum atomic E-state index is 10.1. The Morgan fingerprint density at radius 1 is 1.35 bits per heavy atom. The molecule has 0 aliphatic carbocycles. The van der Waals surface area contributed by atoms with E-state index in [1.807, 2.05) is 32.0 Å². The highest BCUT2D eigenvalue weighted by molar-refractivity contribution is 6.01. The normalized spacial score (nSPS) is 19.0. The van der Waals surface area contributed by atoms with Gasteiger partial charge in [0.2, 0.25) is 0 Å². The Morgan fingerprint density at radius 2 is 2.09 bits per heavy atom. The summed E-state index contributed by atoms with van der Waals surface area (Å²) >= 11 is 0. The fraction of sp³-hybridized carbons (Fsp3) is 0.611. The Labute approximate surface area is 138 Å². The lowest BCUT2D eigenvalue weighted by Crippen LogP contribution is -2.39. The van der Waals surface area contributed by atoms with E-state index < -0.39 is 6.10 Å². The predicted octanol–water partition coefficient (Wildman–Crippen LogP) is 2.29. The number of hydrogen-bond acceptors (Lipinski definition) is 5. The van der Waals surface area contributed by atoms with Crippen molar-refractivity contribution in [2.75, 3.05) is 26.2 Å². The van der Waals surface area contributed by atoms with Crippen molar-refractivity contribution >= 4 is 5.71 Å². The highest BCUT2D eigenvalue weighted by Gasteiger charge is 2.25. The smallest absolute Gasteiger partial charge is 0.145 e. The lowest BCUT2D eigenvalue weighted by atomic mass is 10.0. The standard InChI is InChI=1S/C18H28N2O3/c1-4-20(11-16(21)13-22-14(2)3)12-17-10-18(19-23-17)15-8-6-5-7-9-15/h5-9,14,16-17,21H,4,10-13H2,1-3H3. The van der Waals surface area contributed by atoms with Crippen LogP contribution in [0.4, 0.5) is 0 Å². The second-order valence-electron chi connectivity index (χ2n) is 6.22. The fourth-order valence-electron chi connectivity index (χ4n) is 2.60. The Hall–Kier alpha value is -1.43. The van der Waals surface area contributed by atoms with Gasteiger partial charge in [-0.3, -0.25) is 4.90 Å². The molecule has 0 amide bonds. The van der Waals surface area contributed by atoms with Gasteiger partial charge in [-0.1, -0.05) is 42.4 Å². The lowest BCUT2D eigenvalue weighted by Gasteiger charge is -2.25. The molecule has 23 heavy (non-hydrogen) atoms. The van der Waals surface area contributed by atoms with Gasteiger partial charge in [0.05, 0.1) is 24.5 Å². The molecule has 5 heteroatoms. The van der Waals surface area contributed by atoms with Crippen LogP contribution >= 0.6 is 0 Å². The quantitative estimate of drug-likeness (QED) is 0.758. The topological polar surface area (TPSA) is 54.3 Å². The lowest BCUT2D eigenvalue weighted by molar-refractivity contribution is -0.0169. The van der Waals surface area contributed by atoms with Crippen LogP contribution in [0.5, 0.6) is 0 Å². The van der Waals surface area contributed by atoms with Crippen molar-refractivity contribution in [3.05, 3.63) is 35.9 Å². The molecular formula is C18H28N2O3. The average Bonchev–Trinajstić information content (AvgIpc) is 3.01. The van der Waals surface area contributed by atoms with Crippen LogP contribution in [0.15, 0.2) is 35.5 Å². The van der Waals surface area contributed by atoms with Gasteiger partial charge >= 0.3 is 0 Å². The number of likely N-dealkylation sites (N-methyl/N-ethyl adjacent to an activating group) is 1. The first-order chi connectivity index (χ1) is 11.1. The molecule has 0 spiro atoms. The number of aliphatic hydroxyl groups excluding tert-OH is 1. The first-order valence-electron chi connectivity index (χ1n) is 8.38. The number of aliphatic hydroxyl groups is 1. The predicted molar refractivity (Wildman–Crippen MR) is 91.7 cm³/mol. The largest absolute Gasteiger partial charge is 0.390 e. The van der Waals surface area contributed by atoms with Gasteiger partial charge in [-0.05, 0) is 26.0 Å². The van der Waals surface area contributed by atoms with Crippen LogP contribution in [0.2, 0.25) is 0 Å². The summed E-state index contributed by atoms with van der Waals surface area (Å²) in [6, 6.07) is 10.1. The minimum atomic E-state index is -0.478. The number of oxime groups is 1. The molecule has 0 saturated carbocycles. The summed E-state index contributed by atoms with van der Waals surface area (Å²) in [6.45, 7) is 8.60. The zero-order valence-electron chi connectivity index (χ0n) is 14.3. The molecule has 0 saturated heterocycles. The third-order valence-corrected chi connectivity index (χ3v) is 3.84. The molecule has 1 aromatic carbocycles. The molecule has 2 unspecified atom stereocenters. The molecule has 0 bridgehead atoms. The summed E-state index contributed by atoms with van der Waals surface area (Å²) in [7, 11) is 0. The molecule has 2 atom stereocenters. The van der Waals surface area contributed by atoms with Crippen molar-refractivity contribution in [3.63, 3.8) is 0 Å². The Bertz CT molecular complexity index is 490. The monoisotopic (exact) mass is 320 g/mol. The van der Waals surface area contributed by atoms with E-state index in [4.69, 9.17) is 9.57 Å². The third kappa shape index (κ3) is 5.94. The zero-order valence-corrected chi connectivity index (χ0v) is 14.3. The molecule has 0 fully saturated rings. The summed E-state index contributed by atoms with van der Waals surface area (Å²) < 4.78 is 5.46. The molecule has 5 nitrogen and oxygen atoms in total. The maximum absolute atomic E-state index is 10.1. The third-order valence-electron chi connectivity index (χ3n) is 3.84. The van der Waals surface area contributed by atoms with Crippen LogP contribution in [-0.4, -0.2) is 60.3 Å². The summed E-state index contributed by atoms with van der Waals surface area (Å²) in [5.74, 6) is 0. The van der Waals surface area contributed by atoms with E-state index in [-0.39, 0.29) is 12.2 Å². The van der Waals surface area contributed by atoms with E-state index in [1.54, 1.807) is 0 Å². The highest BCUT2D eigenvalue weighted by Crippen LogP contribution is 2.17. The summed E-state index contributed by atoms with van der Waals surface area (Å²) in [5.41, 5.74) is 2.11. The molecule has 0 radical (unpaired) electrons. The molecule has 2 rings (SSSR count). The summed E-state index contributed by atoms with van der Waals surface area (Å²) in [5, 5.41) is 14.3. The minimum Gasteiger partial charge on any atom is -0.390 e. The van der Waals surface area contributed by atoms with Gasteiger partial charge in [0.1, 0.15) is 6.10 Å². The zero-order chi connectivity index (χ0) is 16.7. The summed E-state index contributed by atoms with van der Waals surface area (Å²) in [6.07, 6.45) is 0.510. The van der Waals surface area contributed by atoms with E-state index in [9.17, 15) is 5.11 Å². The first-order valence-corrected chi connectivity index (χ1v) is 8.38. The maximum Gasteiger partial charge on any atom is 0.145 e. The summed E-state index contributed by atoms with van der Waals surface area (Å²) in [4.78, 5) is 7.75. The Balaban J connectivity index is 1.77. The van der Waals surface area contributed by atoms with Crippen LogP contribution in [0, 0.1) is 0 Å². The van der Waals surface area contributed by atoms with E-state index in [1.165, 1.54) is 0 Å². The van der Waals surface area contributed by atoms with Gasteiger partial charge in [0.15, 0.2) is 0 Å². The van der Waals surface area contributed by atoms with Crippen LogP contribution < -0.4 is 0 Å². The van der Waals surface area contributed by atoms with E-state index in [0.717, 1.165) is 30.8 Å². The van der Waals surface area contributed by atoms with Crippen molar-refractivity contribution in [1.29, 1.82) is 0 Å². The van der Waals surface area contributed by atoms with Crippen LogP contribution in [0.3, 0.4) is 0 Å². The second-order valence-corrected chi connectivity index (χ2v) is 6.22. The van der Waals surface area contributed by atoms with Crippen LogP contribution in [-0.2, 0) is 9.57 Å². The van der Waals surface area contributed by atoms with Gasteiger partial charge in [-0.2, -0.15) is 0 Å². The molecule has 1 N–H and O–H groups in total. The molecule has 1 aliphatic rings. The average molecular weight is 320 g/mol. The molecule has 1 aliphatic heterocycles. The highest BCUT2D eigenvalue weighted by atomic mass is 16.6. The second kappa shape index (κ2) is 9.01. The molecule has 1 aromatic rings. The molecule has 128 valence electrons. The van der Waals surface area contributed by atoms with Crippen molar-refractivity contribution in [3.8, 4) is 0 Å².